The predicted molar refractivity (Wildman–Crippen MR) is 95.9 cm³/mol. The monoisotopic (exact) mass is 377 g/mol. The Kier molecular flexibility index (Phi) is 5.85. The Bertz CT molecular complexity index is 787. The summed E-state index contributed by atoms with van der Waals surface area (Å²) in [5.74, 6) is 0.0385. The number of aliphatic hydroxyl groups excluding tert-OH is 1. The Hall–Kier alpha value is -2.34. The average molecular weight is 377 g/mol. The van der Waals surface area contributed by atoms with Gasteiger partial charge in [-0.05, 0) is 41.5 Å². The summed E-state index contributed by atoms with van der Waals surface area (Å²) in [6.07, 6.45) is -3.03. The van der Waals surface area contributed by atoms with Crippen molar-refractivity contribution in [1.29, 1.82) is 0 Å². The fourth-order valence-electron chi connectivity index (χ4n) is 3.57. The lowest BCUT2D eigenvalue weighted by Gasteiger charge is -2.18. The van der Waals surface area contributed by atoms with Crippen LogP contribution in [0, 0.1) is 5.92 Å². The van der Waals surface area contributed by atoms with Crippen LogP contribution in [0.15, 0.2) is 48.5 Å². The molecule has 2 aromatic rings. The van der Waals surface area contributed by atoms with E-state index in [2.05, 4.69) is 0 Å². The van der Waals surface area contributed by atoms with Crippen LogP contribution in [0.1, 0.15) is 28.7 Å². The number of alkyl halides is 3. The summed E-state index contributed by atoms with van der Waals surface area (Å²) in [4.78, 5) is 14.2. The van der Waals surface area contributed by atoms with E-state index in [0.717, 1.165) is 30.0 Å². The standard InChI is InChI=1S/C21H22F3NO2/c22-21(23,24)19-4-2-1-3-18(19)12-20(27)25-10-9-17(13-25)11-15-5-7-16(14-26)8-6-15/h1-8,17,26H,9-14H2/t17-/m1/s1. The summed E-state index contributed by atoms with van der Waals surface area (Å²) >= 11 is 0. The van der Waals surface area contributed by atoms with E-state index in [0.29, 0.717) is 19.0 Å². The van der Waals surface area contributed by atoms with Gasteiger partial charge >= 0.3 is 6.18 Å². The molecule has 27 heavy (non-hydrogen) atoms. The number of rotatable bonds is 5. The van der Waals surface area contributed by atoms with Crippen LogP contribution in [0.3, 0.4) is 0 Å². The summed E-state index contributed by atoms with van der Waals surface area (Å²) in [7, 11) is 0. The number of hydrogen-bond donors (Lipinski definition) is 1. The molecule has 1 saturated heterocycles. The Morgan fingerprint density at radius 3 is 2.41 bits per heavy atom. The van der Waals surface area contributed by atoms with Crippen molar-refractivity contribution in [2.45, 2.75) is 32.0 Å². The van der Waals surface area contributed by atoms with Crippen molar-refractivity contribution in [3.05, 3.63) is 70.8 Å². The first-order valence-corrected chi connectivity index (χ1v) is 8.98. The number of amides is 1. The smallest absolute Gasteiger partial charge is 0.392 e. The van der Waals surface area contributed by atoms with Gasteiger partial charge in [0.15, 0.2) is 0 Å². The van der Waals surface area contributed by atoms with Crippen LogP contribution in [0.4, 0.5) is 13.2 Å². The Labute approximate surface area is 156 Å². The molecule has 1 atom stereocenters. The minimum atomic E-state index is -4.45. The largest absolute Gasteiger partial charge is 0.416 e. The predicted octanol–water partition coefficient (Wildman–Crippen LogP) is 3.83. The normalized spacial score (nSPS) is 17.3. The second-order valence-electron chi connectivity index (χ2n) is 7.00. The molecular weight excluding hydrogens is 355 g/mol. The molecule has 0 bridgehead atoms. The molecule has 0 aromatic heterocycles. The second kappa shape index (κ2) is 8.13. The molecule has 3 nitrogen and oxygen atoms in total. The minimum Gasteiger partial charge on any atom is -0.392 e. The van der Waals surface area contributed by atoms with Crippen molar-refractivity contribution in [2.75, 3.05) is 13.1 Å². The minimum absolute atomic E-state index is 0.00535. The van der Waals surface area contributed by atoms with Gasteiger partial charge in [-0.1, -0.05) is 42.5 Å². The Morgan fingerprint density at radius 1 is 1.07 bits per heavy atom. The van der Waals surface area contributed by atoms with Gasteiger partial charge in [0, 0.05) is 13.1 Å². The zero-order valence-corrected chi connectivity index (χ0v) is 14.9. The van der Waals surface area contributed by atoms with Crippen molar-refractivity contribution in [3.63, 3.8) is 0 Å². The van der Waals surface area contributed by atoms with Crippen molar-refractivity contribution < 1.29 is 23.1 Å². The molecule has 1 aliphatic heterocycles. The molecule has 1 amide bonds. The van der Waals surface area contributed by atoms with Crippen molar-refractivity contribution >= 4 is 5.91 Å². The second-order valence-corrected chi connectivity index (χ2v) is 7.00. The van der Waals surface area contributed by atoms with Crippen LogP contribution in [0.5, 0.6) is 0 Å². The van der Waals surface area contributed by atoms with E-state index in [1.54, 1.807) is 4.90 Å². The van der Waals surface area contributed by atoms with Crippen molar-refractivity contribution in [1.82, 2.24) is 4.90 Å². The maximum absolute atomic E-state index is 13.1. The highest BCUT2D eigenvalue weighted by Crippen LogP contribution is 2.32. The van der Waals surface area contributed by atoms with Crippen LogP contribution in [0.25, 0.3) is 0 Å². The van der Waals surface area contributed by atoms with Gasteiger partial charge in [0.2, 0.25) is 5.91 Å². The fraction of sp³-hybridized carbons (Fsp3) is 0.381. The van der Waals surface area contributed by atoms with Gasteiger partial charge in [-0.2, -0.15) is 13.2 Å². The molecule has 1 N–H and O–H groups in total. The lowest BCUT2D eigenvalue weighted by atomic mass is 9.98. The lowest BCUT2D eigenvalue weighted by Crippen LogP contribution is -2.31. The summed E-state index contributed by atoms with van der Waals surface area (Å²) in [6, 6.07) is 12.9. The molecule has 1 heterocycles. The van der Waals surface area contributed by atoms with E-state index in [1.807, 2.05) is 24.3 Å². The SMILES string of the molecule is O=C(Cc1ccccc1C(F)(F)F)N1CC[C@H](Cc2ccc(CO)cc2)C1. The summed E-state index contributed by atoms with van der Waals surface area (Å²) in [6.45, 7) is 1.15. The van der Waals surface area contributed by atoms with Crippen LogP contribution in [0.2, 0.25) is 0 Å². The Morgan fingerprint density at radius 2 is 1.74 bits per heavy atom. The molecule has 2 aromatic carbocycles. The van der Waals surface area contributed by atoms with Gasteiger partial charge in [-0.25, -0.2) is 0 Å². The molecule has 0 spiro atoms. The zero-order chi connectivity index (χ0) is 19.4. The van der Waals surface area contributed by atoms with E-state index in [1.165, 1.54) is 18.2 Å². The van der Waals surface area contributed by atoms with E-state index < -0.39 is 11.7 Å². The number of benzene rings is 2. The van der Waals surface area contributed by atoms with Crippen LogP contribution < -0.4 is 0 Å². The Balaban J connectivity index is 1.59. The summed E-state index contributed by atoms with van der Waals surface area (Å²) < 4.78 is 39.3. The number of hydrogen-bond acceptors (Lipinski definition) is 2. The molecule has 0 radical (unpaired) electrons. The lowest BCUT2D eigenvalue weighted by molar-refractivity contribution is -0.138. The van der Waals surface area contributed by atoms with Crippen LogP contribution in [-0.2, 0) is 30.4 Å². The number of aliphatic hydroxyl groups is 1. The van der Waals surface area contributed by atoms with Gasteiger partial charge in [-0.3, -0.25) is 4.79 Å². The molecule has 144 valence electrons. The highest BCUT2D eigenvalue weighted by atomic mass is 19.4. The van der Waals surface area contributed by atoms with Gasteiger partial charge in [0.1, 0.15) is 0 Å². The maximum atomic E-state index is 13.1. The zero-order valence-electron chi connectivity index (χ0n) is 14.9. The fourth-order valence-corrected chi connectivity index (χ4v) is 3.57. The number of nitrogens with zero attached hydrogens (tertiary/aromatic N) is 1. The molecule has 0 unspecified atom stereocenters. The van der Waals surface area contributed by atoms with Crippen LogP contribution in [-0.4, -0.2) is 29.0 Å². The van der Waals surface area contributed by atoms with Gasteiger partial charge in [-0.15, -0.1) is 0 Å². The number of carbonyl (C=O) groups is 1. The molecule has 0 saturated carbocycles. The van der Waals surface area contributed by atoms with E-state index in [-0.39, 0.29) is 24.5 Å². The molecule has 3 rings (SSSR count). The summed E-state index contributed by atoms with van der Waals surface area (Å²) in [5, 5.41) is 9.08. The highest BCUT2D eigenvalue weighted by molar-refractivity contribution is 5.79. The maximum Gasteiger partial charge on any atom is 0.416 e. The number of likely N-dealkylation sites (tertiary alicyclic amines) is 1. The topological polar surface area (TPSA) is 40.5 Å². The van der Waals surface area contributed by atoms with Gasteiger partial charge in [0.05, 0.1) is 18.6 Å². The van der Waals surface area contributed by atoms with Gasteiger partial charge in [0.25, 0.3) is 0 Å². The number of carbonyl (C=O) groups excluding carboxylic acids is 1. The van der Waals surface area contributed by atoms with Crippen LogP contribution >= 0.6 is 0 Å². The molecule has 0 aliphatic carbocycles. The first-order chi connectivity index (χ1) is 12.9. The highest BCUT2D eigenvalue weighted by Gasteiger charge is 2.34. The molecule has 6 heteroatoms. The third-order valence-corrected chi connectivity index (χ3v) is 5.03. The number of halogens is 3. The summed E-state index contributed by atoms with van der Waals surface area (Å²) in [5.41, 5.74) is 1.27. The molecule has 1 aliphatic rings. The molecule has 1 fully saturated rings. The quantitative estimate of drug-likeness (QED) is 0.860. The first-order valence-electron chi connectivity index (χ1n) is 8.98. The van der Waals surface area contributed by atoms with Gasteiger partial charge < -0.3 is 10.0 Å². The van der Waals surface area contributed by atoms with Crippen molar-refractivity contribution in [3.8, 4) is 0 Å². The first kappa shape index (κ1) is 19.4. The molecular formula is C21H22F3NO2. The van der Waals surface area contributed by atoms with E-state index >= 15 is 0 Å². The van der Waals surface area contributed by atoms with E-state index in [9.17, 15) is 18.0 Å². The van der Waals surface area contributed by atoms with E-state index in [4.69, 9.17) is 5.11 Å². The van der Waals surface area contributed by atoms with Crippen molar-refractivity contribution in [2.24, 2.45) is 5.92 Å². The third kappa shape index (κ3) is 4.89. The average Bonchev–Trinajstić information content (AvgIpc) is 3.10. The third-order valence-electron chi connectivity index (χ3n) is 5.03.